The van der Waals surface area contributed by atoms with Crippen LogP contribution in [-0.4, -0.2) is 71.6 Å². The summed E-state index contributed by atoms with van der Waals surface area (Å²) in [5.41, 5.74) is 0.368. The van der Waals surface area contributed by atoms with Crippen molar-refractivity contribution >= 4 is 23.1 Å². The van der Waals surface area contributed by atoms with E-state index in [0.717, 1.165) is 6.07 Å². The van der Waals surface area contributed by atoms with E-state index in [1.165, 1.54) is 24.1 Å². The molecule has 0 atom stereocenters. The smallest absolute Gasteiger partial charge is 0.270 e. The summed E-state index contributed by atoms with van der Waals surface area (Å²) in [5.74, 6) is -0.825. The van der Waals surface area contributed by atoms with Crippen molar-refractivity contribution in [1.82, 2.24) is 4.90 Å². The number of benzene rings is 2. The summed E-state index contributed by atoms with van der Waals surface area (Å²) >= 11 is 0. The van der Waals surface area contributed by atoms with Gasteiger partial charge in [-0.25, -0.2) is 0 Å². The highest BCUT2D eigenvalue weighted by molar-refractivity contribution is 6.14. The molecule has 154 valence electrons. The molecule has 29 heavy (non-hydrogen) atoms. The van der Waals surface area contributed by atoms with Crippen molar-refractivity contribution in [3.05, 3.63) is 69.8 Å². The Labute approximate surface area is 167 Å². The second kappa shape index (κ2) is 10.4. The number of nitro groups is 1. The van der Waals surface area contributed by atoms with Crippen LogP contribution in [0.5, 0.6) is 0 Å². The molecule has 0 bridgehead atoms. The molecule has 2 N–H and O–H groups in total. The molecule has 0 unspecified atom stereocenters. The van der Waals surface area contributed by atoms with Crippen LogP contribution in [-0.2, 0) is 4.79 Å². The number of aliphatic hydroxyl groups is 2. The second-order valence-electron chi connectivity index (χ2n) is 6.33. The molecular formula is C20H23N3O6. The first-order valence-electron chi connectivity index (χ1n) is 8.97. The van der Waals surface area contributed by atoms with Crippen LogP contribution in [0.3, 0.4) is 0 Å². The normalized spacial score (nSPS) is 10.8. The minimum absolute atomic E-state index is 0.0390. The van der Waals surface area contributed by atoms with Crippen molar-refractivity contribution in [2.24, 2.45) is 0 Å². The van der Waals surface area contributed by atoms with Crippen molar-refractivity contribution in [2.45, 2.75) is 0 Å². The number of aliphatic hydroxyl groups excluding tert-OH is 2. The van der Waals surface area contributed by atoms with Gasteiger partial charge in [0.25, 0.3) is 5.69 Å². The number of nitro benzene ring substituents is 1. The van der Waals surface area contributed by atoms with Crippen LogP contribution >= 0.6 is 0 Å². The lowest BCUT2D eigenvalue weighted by molar-refractivity contribution is -0.384. The average molecular weight is 401 g/mol. The minimum Gasteiger partial charge on any atom is -0.395 e. The largest absolute Gasteiger partial charge is 0.395 e. The zero-order valence-electron chi connectivity index (χ0n) is 16.0. The number of anilines is 1. The highest BCUT2D eigenvalue weighted by Gasteiger charge is 2.24. The molecule has 0 aliphatic rings. The van der Waals surface area contributed by atoms with E-state index in [1.807, 2.05) is 0 Å². The summed E-state index contributed by atoms with van der Waals surface area (Å²) < 4.78 is 0. The van der Waals surface area contributed by atoms with Crippen LogP contribution in [0.15, 0.2) is 48.5 Å². The SMILES string of the molecule is CN(C(=O)CN(CCO)CCO)c1ccc([N+](=O)[O-])cc1C(=O)c1ccccc1. The monoisotopic (exact) mass is 401 g/mol. The van der Waals surface area contributed by atoms with Gasteiger partial charge < -0.3 is 15.1 Å². The van der Waals surface area contributed by atoms with Gasteiger partial charge in [0.2, 0.25) is 5.91 Å². The fraction of sp³-hybridized carbons (Fsp3) is 0.300. The van der Waals surface area contributed by atoms with E-state index in [2.05, 4.69) is 0 Å². The average Bonchev–Trinajstić information content (AvgIpc) is 2.73. The summed E-state index contributed by atoms with van der Waals surface area (Å²) in [7, 11) is 1.47. The third kappa shape index (κ3) is 5.67. The maximum atomic E-state index is 13.0. The van der Waals surface area contributed by atoms with E-state index < -0.39 is 10.7 Å². The highest BCUT2D eigenvalue weighted by Crippen LogP contribution is 2.27. The molecule has 0 saturated carbocycles. The van der Waals surface area contributed by atoms with Gasteiger partial charge in [0, 0.05) is 37.8 Å². The Bertz CT molecular complexity index is 866. The Hall–Kier alpha value is -3.14. The maximum Gasteiger partial charge on any atom is 0.270 e. The number of carbonyl (C=O) groups excluding carboxylic acids is 2. The molecule has 9 nitrogen and oxygen atoms in total. The summed E-state index contributed by atoms with van der Waals surface area (Å²) in [4.78, 5) is 39.1. The molecule has 9 heteroatoms. The Morgan fingerprint density at radius 1 is 1.03 bits per heavy atom. The van der Waals surface area contributed by atoms with Crippen molar-refractivity contribution in [2.75, 3.05) is 44.8 Å². The maximum absolute atomic E-state index is 13.0. The minimum atomic E-state index is -0.600. The van der Waals surface area contributed by atoms with Crippen molar-refractivity contribution < 1.29 is 24.7 Å². The van der Waals surface area contributed by atoms with Crippen LogP contribution in [0.4, 0.5) is 11.4 Å². The van der Waals surface area contributed by atoms with Gasteiger partial charge in [-0.3, -0.25) is 24.6 Å². The lowest BCUT2D eigenvalue weighted by Crippen LogP contribution is -2.41. The second-order valence-corrected chi connectivity index (χ2v) is 6.33. The molecule has 0 aliphatic carbocycles. The summed E-state index contributed by atoms with van der Waals surface area (Å²) in [6, 6.07) is 12.1. The lowest BCUT2D eigenvalue weighted by atomic mass is 10.0. The van der Waals surface area contributed by atoms with Gasteiger partial charge >= 0.3 is 0 Å². The lowest BCUT2D eigenvalue weighted by Gasteiger charge is -2.25. The van der Waals surface area contributed by atoms with Crippen molar-refractivity contribution in [1.29, 1.82) is 0 Å². The number of amides is 1. The van der Waals surface area contributed by atoms with E-state index in [9.17, 15) is 19.7 Å². The number of nitrogens with zero attached hydrogens (tertiary/aromatic N) is 3. The number of hydrogen-bond donors (Lipinski definition) is 2. The van der Waals surface area contributed by atoms with Gasteiger partial charge in [0.1, 0.15) is 0 Å². The standard InChI is InChI=1S/C20H23N3O6/c1-21(19(26)14-22(9-11-24)10-12-25)18-8-7-16(23(28)29)13-17(18)20(27)15-5-3-2-4-6-15/h2-8,13,24-25H,9-12,14H2,1H3. The van der Waals surface area contributed by atoms with Gasteiger partial charge in [-0.05, 0) is 6.07 Å². The number of carbonyl (C=O) groups is 2. The molecule has 2 rings (SSSR count). The van der Waals surface area contributed by atoms with Crippen LogP contribution in [0.25, 0.3) is 0 Å². The van der Waals surface area contributed by atoms with E-state index in [0.29, 0.717) is 5.56 Å². The van der Waals surface area contributed by atoms with Crippen LogP contribution in [0.1, 0.15) is 15.9 Å². The third-order valence-corrected chi connectivity index (χ3v) is 4.40. The van der Waals surface area contributed by atoms with E-state index >= 15 is 0 Å². The molecule has 0 radical (unpaired) electrons. The Kier molecular flexibility index (Phi) is 7.96. The van der Waals surface area contributed by atoms with Crippen LogP contribution < -0.4 is 4.90 Å². The first kappa shape index (κ1) is 22.2. The van der Waals surface area contributed by atoms with Gasteiger partial charge in [-0.1, -0.05) is 30.3 Å². The Morgan fingerprint density at radius 3 is 2.21 bits per heavy atom. The predicted molar refractivity (Wildman–Crippen MR) is 107 cm³/mol. The van der Waals surface area contributed by atoms with Crippen LogP contribution in [0, 0.1) is 10.1 Å². The number of likely N-dealkylation sites (N-methyl/N-ethyl adjacent to an activating group) is 1. The molecule has 0 aliphatic heterocycles. The summed E-state index contributed by atoms with van der Waals surface area (Å²) in [6.07, 6.45) is 0. The van der Waals surface area contributed by atoms with E-state index in [-0.39, 0.29) is 55.7 Å². The molecule has 0 aromatic heterocycles. The highest BCUT2D eigenvalue weighted by atomic mass is 16.6. The first-order valence-corrected chi connectivity index (χ1v) is 8.97. The summed E-state index contributed by atoms with van der Waals surface area (Å²) in [5, 5.41) is 29.4. The van der Waals surface area contributed by atoms with E-state index in [4.69, 9.17) is 10.2 Å². The number of non-ortho nitro benzene ring substituents is 1. The predicted octanol–water partition coefficient (Wildman–Crippen LogP) is 1.08. The van der Waals surface area contributed by atoms with Gasteiger partial charge in [0.15, 0.2) is 5.78 Å². The Morgan fingerprint density at radius 2 is 1.66 bits per heavy atom. The zero-order chi connectivity index (χ0) is 21.4. The molecule has 0 fully saturated rings. The zero-order valence-corrected chi connectivity index (χ0v) is 16.0. The van der Waals surface area contributed by atoms with Crippen LogP contribution in [0.2, 0.25) is 0 Å². The quantitative estimate of drug-likeness (QED) is 0.347. The molecule has 2 aromatic carbocycles. The molecular weight excluding hydrogens is 378 g/mol. The first-order chi connectivity index (χ1) is 13.9. The topological polar surface area (TPSA) is 124 Å². The number of rotatable bonds is 10. The molecule has 0 spiro atoms. The molecule has 0 saturated heterocycles. The number of ketones is 1. The third-order valence-electron chi connectivity index (χ3n) is 4.40. The van der Waals surface area contributed by atoms with Gasteiger partial charge in [-0.2, -0.15) is 0 Å². The van der Waals surface area contributed by atoms with Crippen molar-refractivity contribution in [3.63, 3.8) is 0 Å². The summed E-state index contributed by atoms with van der Waals surface area (Å²) in [6.45, 7) is -0.0292. The van der Waals surface area contributed by atoms with Gasteiger partial charge in [-0.15, -0.1) is 0 Å². The van der Waals surface area contributed by atoms with E-state index in [1.54, 1.807) is 35.2 Å². The number of hydrogen-bond acceptors (Lipinski definition) is 7. The Balaban J connectivity index is 2.39. The van der Waals surface area contributed by atoms with Crippen molar-refractivity contribution in [3.8, 4) is 0 Å². The fourth-order valence-corrected chi connectivity index (χ4v) is 2.84. The molecule has 1 amide bonds. The molecule has 2 aromatic rings. The fourth-order valence-electron chi connectivity index (χ4n) is 2.84. The van der Waals surface area contributed by atoms with Gasteiger partial charge in [0.05, 0.1) is 35.9 Å². The molecule has 0 heterocycles.